The lowest BCUT2D eigenvalue weighted by Gasteiger charge is -2.27. The molecule has 0 aliphatic rings. The summed E-state index contributed by atoms with van der Waals surface area (Å²) in [5, 5.41) is 13.1. The van der Waals surface area contributed by atoms with Crippen molar-refractivity contribution >= 4 is 0 Å². The minimum Gasteiger partial charge on any atom is -0.389 e. The maximum atomic E-state index is 13.4. The van der Waals surface area contributed by atoms with E-state index in [4.69, 9.17) is 4.74 Å². The summed E-state index contributed by atoms with van der Waals surface area (Å²) < 4.78 is 18.7. The third-order valence-corrected chi connectivity index (χ3v) is 3.83. The lowest BCUT2D eigenvalue weighted by atomic mass is 9.82. The Bertz CT molecular complexity index is 417. The fourth-order valence-corrected chi connectivity index (χ4v) is 1.75. The van der Waals surface area contributed by atoms with Crippen molar-refractivity contribution in [3.05, 3.63) is 35.6 Å². The van der Waals surface area contributed by atoms with E-state index in [9.17, 15) is 9.50 Å². The second-order valence-electron chi connectivity index (χ2n) is 6.69. The molecular formula is C17H28FNO2. The normalized spacial score (nSPS) is 15.0. The zero-order chi connectivity index (χ0) is 15.9. The van der Waals surface area contributed by atoms with E-state index in [1.54, 1.807) is 18.2 Å². The second kappa shape index (κ2) is 8.47. The molecule has 0 heterocycles. The van der Waals surface area contributed by atoms with Crippen LogP contribution in [-0.2, 0) is 11.3 Å². The summed E-state index contributed by atoms with van der Waals surface area (Å²) in [6, 6.07) is 6.51. The Balaban J connectivity index is 2.17. The molecule has 1 rings (SSSR count). The first-order valence-electron chi connectivity index (χ1n) is 7.50. The number of hydrogen-bond acceptors (Lipinski definition) is 3. The van der Waals surface area contributed by atoms with E-state index in [0.717, 1.165) is 6.54 Å². The van der Waals surface area contributed by atoms with E-state index in [1.165, 1.54) is 6.07 Å². The summed E-state index contributed by atoms with van der Waals surface area (Å²) >= 11 is 0. The predicted octanol–water partition coefficient (Wildman–Crippen LogP) is 2.98. The van der Waals surface area contributed by atoms with Gasteiger partial charge in [-0.1, -0.05) is 45.9 Å². The van der Waals surface area contributed by atoms with Crippen LogP contribution in [0.1, 0.15) is 33.3 Å². The molecule has 21 heavy (non-hydrogen) atoms. The highest BCUT2D eigenvalue weighted by Crippen LogP contribution is 2.24. The number of halogens is 1. The SMILES string of the molecule is CC(CNCC(O)COCc1ccccc1F)C(C)(C)C. The minimum atomic E-state index is -0.580. The quantitative estimate of drug-likeness (QED) is 0.775. The van der Waals surface area contributed by atoms with Crippen LogP contribution >= 0.6 is 0 Å². The molecule has 1 aromatic carbocycles. The Labute approximate surface area is 127 Å². The molecule has 0 saturated heterocycles. The summed E-state index contributed by atoms with van der Waals surface area (Å²) in [5.74, 6) is 0.244. The molecule has 3 nitrogen and oxygen atoms in total. The van der Waals surface area contributed by atoms with Crippen LogP contribution in [0.4, 0.5) is 4.39 Å². The van der Waals surface area contributed by atoms with E-state index in [-0.39, 0.29) is 24.4 Å². The Kier molecular flexibility index (Phi) is 7.29. The smallest absolute Gasteiger partial charge is 0.128 e. The van der Waals surface area contributed by atoms with Crippen LogP contribution in [0, 0.1) is 17.2 Å². The van der Waals surface area contributed by atoms with Crippen molar-refractivity contribution < 1.29 is 14.2 Å². The van der Waals surface area contributed by atoms with Gasteiger partial charge in [-0.15, -0.1) is 0 Å². The highest BCUT2D eigenvalue weighted by atomic mass is 19.1. The zero-order valence-electron chi connectivity index (χ0n) is 13.5. The maximum Gasteiger partial charge on any atom is 0.128 e. The molecule has 2 unspecified atom stereocenters. The highest BCUT2D eigenvalue weighted by Gasteiger charge is 2.19. The van der Waals surface area contributed by atoms with Crippen LogP contribution in [-0.4, -0.2) is 30.9 Å². The van der Waals surface area contributed by atoms with E-state index in [0.29, 0.717) is 18.0 Å². The van der Waals surface area contributed by atoms with Gasteiger partial charge in [0.25, 0.3) is 0 Å². The first kappa shape index (κ1) is 18.1. The van der Waals surface area contributed by atoms with Crippen molar-refractivity contribution in [1.29, 1.82) is 0 Å². The van der Waals surface area contributed by atoms with Crippen molar-refractivity contribution in [2.45, 2.75) is 40.4 Å². The lowest BCUT2D eigenvalue weighted by molar-refractivity contribution is 0.0270. The summed E-state index contributed by atoms with van der Waals surface area (Å²) in [7, 11) is 0. The third kappa shape index (κ3) is 7.02. The fraction of sp³-hybridized carbons (Fsp3) is 0.647. The summed E-state index contributed by atoms with van der Waals surface area (Å²) in [6.07, 6.45) is -0.580. The van der Waals surface area contributed by atoms with Crippen molar-refractivity contribution in [1.82, 2.24) is 5.32 Å². The minimum absolute atomic E-state index is 0.183. The van der Waals surface area contributed by atoms with Gasteiger partial charge in [0.05, 0.1) is 19.3 Å². The first-order chi connectivity index (χ1) is 9.80. The molecule has 0 spiro atoms. The third-order valence-electron chi connectivity index (χ3n) is 3.83. The molecule has 1 aromatic rings. The molecule has 0 aliphatic carbocycles. The van der Waals surface area contributed by atoms with Crippen molar-refractivity contribution in [2.75, 3.05) is 19.7 Å². The van der Waals surface area contributed by atoms with Gasteiger partial charge in [0.2, 0.25) is 0 Å². The summed E-state index contributed by atoms with van der Waals surface area (Å²) in [6.45, 7) is 10.5. The number of ether oxygens (including phenoxy) is 1. The van der Waals surface area contributed by atoms with E-state index < -0.39 is 6.10 Å². The average Bonchev–Trinajstić information content (AvgIpc) is 2.39. The number of rotatable bonds is 8. The topological polar surface area (TPSA) is 41.5 Å². The Morgan fingerprint density at radius 3 is 2.52 bits per heavy atom. The molecule has 4 heteroatoms. The molecule has 0 saturated carbocycles. The lowest BCUT2D eigenvalue weighted by Crippen LogP contribution is -2.36. The van der Waals surface area contributed by atoms with E-state index >= 15 is 0 Å². The van der Waals surface area contributed by atoms with E-state index in [1.807, 2.05) is 0 Å². The Morgan fingerprint density at radius 1 is 1.24 bits per heavy atom. The van der Waals surface area contributed by atoms with Crippen LogP contribution in [0.15, 0.2) is 24.3 Å². The van der Waals surface area contributed by atoms with Crippen LogP contribution < -0.4 is 5.32 Å². The number of aliphatic hydroxyl groups is 1. The van der Waals surface area contributed by atoms with Crippen LogP contribution in [0.25, 0.3) is 0 Å². The first-order valence-corrected chi connectivity index (χ1v) is 7.50. The molecule has 2 atom stereocenters. The Morgan fingerprint density at radius 2 is 1.90 bits per heavy atom. The van der Waals surface area contributed by atoms with Gasteiger partial charge in [0, 0.05) is 12.1 Å². The molecule has 0 aromatic heterocycles. The highest BCUT2D eigenvalue weighted by molar-refractivity contribution is 5.16. The summed E-state index contributed by atoms with van der Waals surface area (Å²) in [5.41, 5.74) is 0.762. The zero-order valence-corrected chi connectivity index (χ0v) is 13.5. The molecule has 0 aliphatic heterocycles. The van der Waals surface area contributed by atoms with Crippen LogP contribution in [0.2, 0.25) is 0 Å². The second-order valence-corrected chi connectivity index (χ2v) is 6.69. The van der Waals surface area contributed by atoms with Crippen LogP contribution in [0.5, 0.6) is 0 Å². The molecule has 0 fully saturated rings. The largest absolute Gasteiger partial charge is 0.389 e. The Hall–Kier alpha value is -0.970. The van der Waals surface area contributed by atoms with E-state index in [2.05, 4.69) is 33.0 Å². The molecule has 0 radical (unpaired) electrons. The van der Waals surface area contributed by atoms with Gasteiger partial charge in [0.15, 0.2) is 0 Å². The molecular weight excluding hydrogens is 269 g/mol. The molecule has 0 bridgehead atoms. The van der Waals surface area contributed by atoms with Gasteiger partial charge in [-0.25, -0.2) is 4.39 Å². The maximum absolute atomic E-state index is 13.4. The fourth-order valence-electron chi connectivity index (χ4n) is 1.75. The molecule has 120 valence electrons. The van der Waals surface area contributed by atoms with Crippen molar-refractivity contribution in [3.8, 4) is 0 Å². The number of benzene rings is 1. The van der Waals surface area contributed by atoms with Gasteiger partial charge in [0.1, 0.15) is 5.82 Å². The van der Waals surface area contributed by atoms with Gasteiger partial charge in [-0.2, -0.15) is 0 Å². The average molecular weight is 297 g/mol. The standard InChI is InChI=1S/C17H28FNO2/c1-13(17(2,3)4)9-19-10-15(20)12-21-11-14-7-5-6-8-16(14)18/h5-8,13,15,19-20H,9-12H2,1-4H3. The predicted molar refractivity (Wildman–Crippen MR) is 83.6 cm³/mol. The van der Waals surface area contributed by atoms with Gasteiger partial charge < -0.3 is 15.2 Å². The van der Waals surface area contributed by atoms with Crippen molar-refractivity contribution in [3.63, 3.8) is 0 Å². The molecule has 0 amide bonds. The monoisotopic (exact) mass is 297 g/mol. The summed E-state index contributed by atoms with van der Waals surface area (Å²) in [4.78, 5) is 0. The molecule has 2 N–H and O–H groups in total. The number of hydrogen-bond donors (Lipinski definition) is 2. The van der Waals surface area contributed by atoms with Gasteiger partial charge >= 0.3 is 0 Å². The van der Waals surface area contributed by atoms with Gasteiger partial charge in [-0.05, 0) is 23.9 Å². The number of aliphatic hydroxyl groups excluding tert-OH is 1. The van der Waals surface area contributed by atoms with Crippen molar-refractivity contribution in [2.24, 2.45) is 11.3 Å². The van der Waals surface area contributed by atoms with Crippen LogP contribution in [0.3, 0.4) is 0 Å². The van der Waals surface area contributed by atoms with Gasteiger partial charge in [-0.3, -0.25) is 0 Å². The number of nitrogens with one attached hydrogen (secondary N) is 1.